The monoisotopic (exact) mass is 544 g/mol. The van der Waals surface area contributed by atoms with Crippen LogP contribution < -0.4 is 15.3 Å². The van der Waals surface area contributed by atoms with Crippen LogP contribution in [0.2, 0.25) is 0 Å². The minimum Gasteiger partial charge on any atom is -0.462 e. The second kappa shape index (κ2) is 11.5. The largest absolute Gasteiger partial charge is 0.462 e. The van der Waals surface area contributed by atoms with Gasteiger partial charge in [-0.3, -0.25) is 9.32 Å². The standard InChI is InChI=1S/C24H29N6O7P/c1-14(2)35-24(32)15(3)29-38(33,37-16-7-5-4-6-8-16)34-12-20-21(31)17(11-25)22(36-20)18-9-10-19-23(26)27-13-28-30(18)19/h4-10,13-15,17,20-22,31H,12H2,1-3H3,(H,29,33)(H2,26,27,28)/t15-,17+,20+,21-,22+,38?/m0/s1. The summed E-state index contributed by atoms with van der Waals surface area (Å²) in [5.41, 5.74) is 6.90. The molecule has 0 aliphatic carbocycles. The molecule has 0 bridgehead atoms. The highest BCUT2D eigenvalue weighted by molar-refractivity contribution is 7.52. The molecule has 1 saturated heterocycles. The van der Waals surface area contributed by atoms with Gasteiger partial charge >= 0.3 is 13.7 Å². The smallest absolute Gasteiger partial charge is 0.459 e. The Bertz CT molecular complexity index is 1360. The summed E-state index contributed by atoms with van der Waals surface area (Å²) in [6.07, 6.45) is -2.34. The molecule has 2 aromatic heterocycles. The van der Waals surface area contributed by atoms with E-state index in [-0.39, 0.29) is 17.7 Å². The van der Waals surface area contributed by atoms with Gasteiger partial charge in [0.2, 0.25) is 0 Å². The molecule has 1 aromatic carbocycles. The number of fused-ring (bicyclic) bond motifs is 1. The fraction of sp³-hybridized carbons (Fsp3) is 0.417. The minimum absolute atomic E-state index is 0.227. The molecule has 0 radical (unpaired) electrons. The fourth-order valence-electron chi connectivity index (χ4n) is 3.99. The average molecular weight is 545 g/mol. The zero-order valence-corrected chi connectivity index (χ0v) is 21.9. The first-order valence-corrected chi connectivity index (χ1v) is 13.4. The van der Waals surface area contributed by atoms with Crippen molar-refractivity contribution in [2.75, 3.05) is 12.3 Å². The van der Waals surface area contributed by atoms with Crippen LogP contribution in [0.25, 0.3) is 5.52 Å². The van der Waals surface area contributed by atoms with Crippen molar-refractivity contribution in [3.63, 3.8) is 0 Å². The van der Waals surface area contributed by atoms with Crippen LogP contribution >= 0.6 is 7.75 Å². The van der Waals surface area contributed by atoms with Gasteiger partial charge in [-0.1, -0.05) is 18.2 Å². The number of esters is 1. The molecule has 0 amide bonds. The summed E-state index contributed by atoms with van der Waals surface area (Å²) in [7, 11) is -4.19. The lowest BCUT2D eigenvalue weighted by Gasteiger charge is -2.25. The Kier molecular flexibility index (Phi) is 8.30. The number of anilines is 1. The van der Waals surface area contributed by atoms with Gasteiger partial charge in [-0.2, -0.15) is 15.4 Å². The third kappa shape index (κ3) is 5.96. The molecule has 38 heavy (non-hydrogen) atoms. The summed E-state index contributed by atoms with van der Waals surface area (Å²) in [5.74, 6) is -1.16. The summed E-state index contributed by atoms with van der Waals surface area (Å²) in [6, 6.07) is 12.6. The Hall–Kier alpha value is -3.53. The molecular formula is C24H29N6O7P. The second-order valence-corrected chi connectivity index (χ2v) is 10.7. The molecule has 6 atom stereocenters. The lowest BCUT2D eigenvalue weighted by atomic mass is 9.96. The molecule has 13 nitrogen and oxygen atoms in total. The van der Waals surface area contributed by atoms with E-state index in [2.05, 4.69) is 21.2 Å². The number of carbonyl (C=O) groups excluding carboxylic acids is 1. The number of nitrogens with two attached hydrogens (primary N) is 1. The number of nitrogens with one attached hydrogen (secondary N) is 1. The summed E-state index contributed by atoms with van der Waals surface area (Å²) < 4.78 is 37.7. The molecule has 202 valence electrons. The Balaban J connectivity index is 1.53. The number of ether oxygens (including phenoxy) is 2. The number of hydrogen-bond acceptors (Lipinski definition) is 11. The summed E-state index contributed by atoms with van der Waals surface area (Å²) in [4.78, 5) is 16.3. The summed E-state index contributed by atoms with van der Waals surface area (Å²) in [5, 5.41) is 27.4. The number of carbonyl (C=O) groups is 1. The topological polar surface area (TPSA) is 183 Å². The van der Waals surface area contributed by atoms with Crippen LogP contribution in [-0.4, -0.2) is 56.6 Å². The predicted molar refractivity (Wildman–Crippen MR) is 135 cm³/mol. The minimum atomic E-state index is -4.19. The molecule has 14 heteroatoms. The van der Waals surface area contributed by atoms with Gasteiger partial charge in [-0.05, 0) is 45.0 Å². The van der Waals surface area contributed by atoms with Crippen LogP contribution in [0, 0.1) is 17.2 Å². The number of nitrogen functional groups attached to an aromatic ring is 1. The van der Waals surface area contributed by atoms with Crippen LogP contribution in [0.1, 0.15) is 32.6 Å². The van der Waals surface area contributed by atoms with E-state index in [0.29, 0.717) is 11.2 Å². The van der Waals surface area contributed by atoms with Crippen molar-refractivity contribution in [1.29, 1.82) is 5.26 Å². The van der Waals surface area contributed by atoms with E-state index in [1.54, 1.807) is 56.3 Å². The van der Waals surface area contributed by atoms with Crippen LogP contribution in [0.3, 0.4) is 0 Å². The molecule has 1 unspecified atom stereocenters. The van der Waals surface area contributed by atoms with Gasteiger partial charge < -0.3 is 24.8 Å². The number of rotatable bonds is 10. The Labute approximate surface area is 219 Å². The van der Waals surface area contributed by atoms with Crippen LogP contribution in [0.5, 0.6) is 5.75 Å². The number of para-hydroxylation sites is 1. The Morgan fingerprint density at radius 3 is 2.71 bits per heavy atom. The van der Waals surface area contributed by atoms with Crippen molar-refractivity contribution < 1.29 is 33.0 Å². The zero-order valence-electron chi connectivity index (χ0n) is 21.0. The number of aromatic nitrogens is 3. The van der Waals surface area contributed by atoms with Crippen molar-refractivity contribution in [3.05, 3.63) is 54.5 Å². The first-order valence-electron chi connectivity index (χ1n) is 11.9. The van der Waals surface area contributed by atoms with Gasteiger partial charge in [-0.15, -0.1) is 0 Å². The summed E-state index contributed by atoms with van der Waals surface area (Å²) in [6.45, 7) is 4.43. The lowest BCUT2D eigenvalue weighted by molar-refractivity contribution is -0.149. The van der Waals surface area contributed by atoms with E-state index in [0.717, 1.165) is 0 Å². The van der Waals surface area contributed by atoms with E-state index in [9.17, 15) is 19.7 Å². The predicted octanol–water partition coefficient (Wildman–Crippen LogP) is 2.39. The normalized spacial score (nSPS) is 23.6. The highest BCUT2D eigenvalue weighted by Crippen LogP contribution is 2.47. The fourth-order valence-corrected chi connectivity index (χ4v) is 5.50. The van der Waals surface area contributed by atoms with Crippen LogP contribution in [0.15, 0.2) is 48.8 Å². The molecule has 4 N–H and O–H groups in total. The molecule has 0 saturated carbocycles. The second-order valence-electron chi connectivity index (χ2n) is 8.98. The van der Waals surface area contributed by atoms with Gasteiger partial charge in [0, 0.05) is 0 Å². The maximum atomic E-state index is 13.7. The number of nitriles is 1. The molecule has 1 aliphatic heterocycles. The molecule has 0 spiro atoms. The van der Waals surface area contributed by atoms with Gasteiger partial charge in [0.05, 0.1) is 24.5 Å². The van der Waals surface area contributed by atoms with E-state index in [1.807, 2.05) is 0 Å². The number of hydrogen-bond donors (Lipinski definition) is 3. The number of aliphatic hydroxyl groups is 1. The van der Waals surface area contributed by atoms with Crippen molar-refractivity contribution in [2.24, 2.45) is 5.92 Å². The van der Waals surface area contributed by atoms with Crippen molar-refractivity contribution in [3.8, 4) is 11.8 Å². The quantitative estimate of drug-likeness (QED) is 0.251. The van der Waals surface area contributed by atoms with E-state index >= 15 is 0 Å². The Morgan fingerprint density at radius 1 is 1.29 bits per heavy atom. The first-order chi connectivity index (χ1) is 18.1. The van der Waals surface area contributed by atoms with Crippen LogP contribution in [-0.2, 0) is 23.4 Å². The maximum Gasteiger partial charge on any atom is 0.459 e. The zero-order chi connectivity index (χ0) is 27.4. The SMILES string of the molecule is CC(C)OC(=O)[C@H](C)NP(=O)(OC[C@H]1O[C@@H](c2ccc3c(N)ncnn23)[C@H](C#N)[C@@H]1O)Oc1ccccc1. The highest BCUT2D eigenvalue weighted by atomic mass is 31.2. The lowest BCUT2D eigenvalue weighted by Crippen LogP contribution is -2.37. The Morgan fingerprint density at radius 2 is 2.03 bits per heavy atom. The van der Waals surface area contributed by atoms with Gasteiger partial charge in [-0.25, -0.2) is 14.1 Å². The average Bonchev–Trinajstić information content (AvgIpc) is 3.44. The highest BCUT2D eigenvalue weighted by Gasteiger charge is 2.47. The molecular weight excluding hydrogens is 515 g/mol. The van der Waals surface area contributed by atoms with Gasteiger partial charge in [0.1, 0.15) is 47.9 Å². The van der Waals surface area contributed by atoms with Gasteiger partial charge in [0.15, 0.2) is 5.82 Å². The van der Waals surface area contributed by atoms with Gasteiger partial charge in [0.25, 0.3) is 0 Å². The van der Waals surface area contributed by atoms with Crippen molar-refractivity contribution in [2.45, 2.75) is 51.2 Å². The maximum absolute atomic E-state index is 13.7. The van der Waals surface area contributed by atoms with E-state index in [4.69, 9.17) is 24.3 Å². The number of benzene rings is 1. The number of nitrogens with zero attached hydrogens (tertiary/aromatic N) is 4. The summed E-state index contributed by atoms with van der Waals surface area (Å²) >= 11 is 0. The van der Waals surface area contributed by atoms with Crippen LogP contribution in [0.4, 0.5) is 5.82 Å². The van der Waals surface area contributed by atoms with Crippen molar-refractivity contribution >= 4 is 25.1 Å². The van der Waals surface area contributed by atoms with Crippen molar-refractivity contribution in [1.82, 2.24) is 19.7 Å². The number of aliphatic hydroxyl groups excluding tert-OH is 1. The molecule has 1 fully saturated rings. The molecule has 1 aliphatic rings. The third-order valence-corrected chi connectivity index (χ3v) is 7.43. The molecule has 3 aromatic rings. The van der Waals surface area contributed by atoms with E-state index < -0.39 is 50.6 Å². The van der Waals surface area contributed by atoms with E-state index in [1.165, 1.54) is 17.8 Å². The molecule has 3 heterocycles. The first kappa shape index (κ1) is 27.5. The molecule has 4 rings (SSSR count). The third-order valence-electron chi connectivity index (χ3n) is 5.78.